The Hall–Kier alpha value is -0.367. The number of benzene rings is 1. The molecular weight excluding hydrogens is 301 g/mol. The van der Waals surface area contributed by atoms with Gasteiger partial charge in [-0.25, -0.2) is 0 Å². The molecule has 0 amide bonds. The van der Waals surface area contributed by atoms with Crippen LogP contribution in [-0.4, -0.2) is 17.2 Å². The normalized spacial score (nSPS) is 36.2. The summed E-state index contributed by atoms with van der Waals surface area (Å²) in [6, 6.07) is 10.7. The van der Waals surface area contributed by atoms with E-state index in [1.807, 2.05) is 0 Å². The predicted octanol–water partition coefficient (Wildman–Crippen LogP) is 2.55. The van der Waals surface area contributed by atoms with Crippen molar-refractivity contribution in [1.29, 1.82) is 0 Å². The molecule has 3 heteroatoms. The molecule has 1 saturated carbocycles. The molecule has 0 spiro atoms. The van der Waals surface area contributed by atoms with E-state index >= 15 is 0 Å². The van der Waals surface area contributed by atoms with Crippen molar-refractivity contribution in [2.24, 2.45) is 0 Å². The summed E-state index contributed by atoms with van der Waals surface area (Å²) in [4.78, 5) is 0. The van der Waals surface area contributed by atoms with Gasteiger partial charge in [0.1, 0.15) is 0 Å². The summed E-state index contributed by atoms with van der Waals surface area (Å²) in [6.07, 6.45) is 4.26. The van der Waals surface area contributed by atoms with Crippen LogP contribution in [0.4, 0.5) is 0 Å². The second-order valence-electron chi connectivity index (χ2n) is 4.88. The van der Waals surface area contributed by atoms with Gasteiger partial charge in [-0.3, -0.25) is 0 Å². The van der Waals surface area contributed by atoms with E-state index in [0.29, 0.717) is 0 Å². The van der Waals surface area contributed by atoms with Crippen LogP contribution in [0.3, 0.4) is 0 Å². The maximum absolute atomic E-state index is 6.04. The van der Waals surface area contributed by atoms with Crippen molar-refractivity contribution >= 4 is 4.29 Å². The van der Waals surface area contributed by atoms with E-state index < -0.39 is 5.79 Å². The molecular formula is C14H16O2Ru+. The summed E-state index contributed by atoms with van der Waals surface area (Å²) < 4.78 is 12.9. The van der Waals surface area contributed by atoms with Gasteiger partial charge in [-0.1, -0.05) is 0 Å². The minimum absolute atomic E-state index is 0.0173. The van der Waals surface area contributed by atoms with Crippen molar-refractivity contribution in [1.82, 2.24) is 0 Å². The molecule has 1 aromatic carbocycles. The Labute approximate surface area is 112 Å². The molecule has 17 heavy (non-hydrogen) atoms. The third-order valence-electron chi connectivity index (χ3n) is 4.20. The molecule has 1 aliphatic heterocycles. The van der Waals surface area contributed by atoms with Crippen molar-refractivity contribution in [3.63, 3.8) is 0 Å². The van der Waals surface area contributed by atoms with Crippen molar-refractivity contribution in [2.45, 2.75) is 36.9 Å². The summed E-state index contributed by atoms with van der Waals surface area (Å²) in [5.74, 6) is -0.436. The third kappa shape index (κ3) is 1.53. The summed E-state index contributed by atoms with van der Waals surface area (Å²) in [5.41, 5.74) is 1.36. The van der Waals surface area contributed by atoms with Crippen molar-refractivity contribution in [3.05, 3.63) is 35.9 Å². The van der Waals surface area contributed by atoms with E-state index in [1.165, 1.54) is 12.0 Å². The number of ether oxygens (including phenoxy) is 2. The number of methoxy groups -OCH3 is 1. The Kier molecular flexibility index (Phi) is 2.81. The van der Waals surface area contributed by atoms with Crippen LogP contribution in [0, 0.1) is 0 Å². The fourth-order valence-electron chi connectivity index (χ4n) is 3.43. The molecule has 0 unspecified atom stereocenters. The van der Waals surface area contributed by atoms with Crippen LogP contribution < -0.4 is 0 Å². The molecule has 0 aromatic heterocycles. The molecule has 2 nitrogen and oxygen atoms in total. The van der Waals surface area contributed by atoms with E-state index in [4.69, 9.17) is 9.47 Å². The van der Waals surface area contributed by atoms with E-state index in [-0.39, 0.29) is 5.41 Å². The zero-order valence-electron chi connectivity index (χ0n) is 9.89. The van der Waals surface area contributed by atoms with Gasteiger partial charge in [0.25, 0.3) is 0 Å². The molecule has 0 bridgehead atoms. The Balaban J connectivity index is 2.13. The molecule has 0 radical (unpaired) electrons. The molecule has 3 rings (SSSR count). The topological polar surface area (TPSA) is 18.5 Å². The van der Waals surface area contributed by atoms with E-state index in [1.54, 1.807) is 7.11 Å². The van der Waals surface area contributed by atoms with Crippen molar-refractivity contribution in [2.75, 3.05) is 7.11 Å². The first-order valence-electron chi connectivity index (χ1n) is 6.02. The van der Waals surface area contributed by atoms with Crippen LogP contribution in [0.2, 0.25) is 0 Å². The van der Waals surface area contributed by atoms with Gasteiger partial charge in [0.15, 0.2) is 0 Å². The standard InChI is InChI=1S/C14H16O2.Ru/c1-15-14-9-5-8-13(14,10-11-16-14)12-6-3-2-4-7-12;/h2-4,6-7H,5,8-10H2,1H3;/q;+1/t13-,14-;/m0./s1. The molecule has 2 aliphatic rings. The van der Waals surface area contributed by atoms with Crippen LogP contribution in [-0.2, 0) is 32.7 Å². The molecule has 1 aliphatic carbocycles. The Morgan fingerprint density at radius 2 is 2.00 bits per heavy atom. The first-order chi connectivity index (χ1) is 8.22. The summed E-state index contributed by atoms with van der Waals surface area (Å²) in [7, 11) is 1.77. The molecule has 1 heterocycles. The van der Waals surface area contributed by atoms with Crippen molar-refractivity contribution < 1.29 is 27.3 Å². The van der Waals surface area contributed by atoms with Gasteiger partial charge in [0.2, 0.25) is 0 Å². The Morgan fingerprint density at radius 1 is 1.24 bits per heavy atom. The quantitative estimate of drug-likeness (QED) is 0.781. The van der Waals surface area contributed by atoms with Gasteiger partial charge in [0.05, 0.1) is 0 Å². The van der Waals surface area contributed by atoms with Gasteiger partial charge in [0, 0.05) is 0 Å². The summed E-state index contributed by atoms with van der Waals surface area (Å²) in [6.45, 7) is 0. The molecule has 91 valence electrons. The molecule has 2 atom stereocenters. The van der Waals surface area contributed by atoms with Crippen LogP contribution in [0.25, 0.3) is 0 Å². The van der Waals surface area contributed by atoms with Gasteiger partial charge in [-0.2, -0.15) is 0 Å². The average Bonchev–Trinajstić information content (AvgIpc) is 2.82. The molecule has 1 aromatic rings. The number of hydrogen-bond donors (Lipinski definition) is 0. The number of hydrogen-bond acceptors (Lipinski definition) is 2. The first kappa shape index (κ1) is 11.7. The van der Waals surface area contributed by atoms with Crippen LogP contribution in [0.1, 0.15) is 31.2 Å². The molecule has 2 fully saturated rings. The Bertz CT molecular complexity index is 445. The second-order valence-corrected chi connectivity index (χ2v) is 5.85. The zero-order valence-corrected chi connectivity index (χ0v) is 11.6. The Morgan fingerprint density at radius 3 is 2.71 bits per heavy atom. The van der Waals surface area contributed by atoms with Crippen LogP contribution >= 0.6 is 0 Å². The SMILES string of the molecule is CO[C@]12CCC[C@@]1(c1ccccc1)C[C](=[Ru+])O2. The monoisotopic (exact) mass is 318 g/mol. The van der Waals surface area contributed by atoms with E-state index in [2.05, 4.69) is 48.2 Å². The van der Waals surface area contributed by atoms with Crippen LogP contribution in [0.5, 0.6) is 0 Å². The van der Waals surface area contributed by atoms with E-state index in [9.17, 15) is 0 Å². The summed E-state index contributed by atoms with van der Waals surface area (Å²) >= 11 is 2.61. The van der Waals surface area contributed by atoms with Gasteiger partial charge in [-0.05, 0) is 0 Å². The molecule has 1 saturated heterocycles. The minimum atomic E-state index is -0.436. The zero-order chi connectivity index (χ0) is 11.9. The van der Waals surface area contributed by atoms with Gasteiger partial charge >= 0.3 is 112 Å². The predicted molar refractivity (Wildman–Crippen MR) is 62.4 cm³/mol. The van der Waals surface area contributed by atoms with Crippen LogP contribution in [0.15, 0.2) is 30.3 Å². The van der Waals surface area contributed by atoms with Gasteiger partial charge < -0.3 is 0 Å². The second kappa shape index (κ2) is 4.08. The fraction of sp³-hybridized carbons (Fsp3) is 0.500. The number of fused-ring (bicyclic) bond motifs is 1. The maximum atomic E-state index is 6.04. The van der Waals surface area contributed by atoms with E-state index in [0.717, 1.165) is 23.6 Å². The van der Waals surface area contributed by atoms with Crippen molar-refractivity contribution in [3.8, 4) is 0 Å². The fourth-order valence-corrected chi connectivity index (χ4v) is 4.24. The average molecular weight is 317 g/mol. The number of rotatable bonds is 2. The third-order valence-corrected chi connectivity index (χ3v) is 4.69. The first-order valence-corrected chi connectivity index (χ1v) is 6.89. The molecule has 0 N–H and O–H groups in total. The van der Waals surface area contributed by atoms with Gasteiger partial charge in [-0.15, -0.1) is 0 Å². The summed E-state index contributed by atoms with van der Waals surface area (Å²) in [5, 5.41) is 0.